The number of aliphatic hydroxyl groups is 2. The molecule has 0 spiro atoms. The van der Waals surface area contributed by atoms with Crippen molar-refractivity contribution in [1.29, 1.82) is 0 Å². The van der Waals surface area contributed by atoms with E-state index in [2.05, 4.69) is 5.32 Å². The van der Waals surface area contributed by atoms with Gasteiger partial charge in [-0.2, -0.15) is 0 Å². The van der Waals surface area contributed by atoms with Gasteiger partial charge in [0.05, 0.1) is 6.10 Å². The van der Waals surface area contributed by atoms with Crippen LogP contribution in [-0.2, 0) is 0 Å². The van der Waals surface area contributed by atoms with Gasteiger partial charge in [0.25, 0.3) is 0 Å². The molecular formula is C12H19NO2. The van der Waals surface area contributed by atoms with E-state index in [1.807, 2.05) is 37.3 Å². The zero-order valence-electron chi connectivity index (χ0n) is 9.06. The van der Waals surface area contributed by atoms with E-state index in [4.69, 9.17) is 5.11 Å². The van der Waals surface area contributed by atoms with Crippen molar-refractivity contribution in [2.75, 3.05) is 19.7 Å². The fourth-order valence-corrected chi connectivity index (χ4v) is 1.32. The van der Waals surface area contributed by atoms with Crippen LogP contribution >= 0.6 is 0 Å². The molecule has 1 aromatic carbocycles. The summed E-state index contributed by atoms with van der Waals surface area (Å²) in [5.74, 6) is 0.230. The van der Waals surface area contributed by atoms with E-state index in [0.29, 0.717) is 6.54 Å². The Morgan fingerprint density at radius 2 is 1.87 bits per heavy atom. The van der Waals surface area contributed by atoms with Crippen molar-refractivity contribution in [3.8, 4) is 0 Å². The second-order valence-electron chi connectivity index (χ2n) is 3.87. The predicted molar refractivity (Wildman–Crippen MR) is 60.5 cm³/mol. The molecule has 1 rings (SSSR count). The van der Waals surface area contributed by atoms with Crippen LogP contribution in [-0.4, -0.2) is 29.9 Å². The monoisotopic (exact) mass is 209 g/mol. The predicted octanol–water partition coefficient (Wildman–Crippen LogP) is 0.938. The highest BCUT2D eigenvalue weighted by molar-refractivity contribution is 5.17. The highest BCUT2D eigenvalue weighted by atomic mass is 16.3. The molecule has 0 saturated carbocycles. The second-order valence-corrected chi connectivity index (χ2v) is 3.87. The Kier molecular flexibility index (Phi) is 5.32. The molecule has 3 nitrogen and oxygen atoms in total. The normalized spacial score (nSPS) is 14.9. The van der Waals surface area contributed by atoms with Gasteiger partial charge in [0.1, 0.15) is 0 Å². The van der Waals surface area contributed by atoms with Gasteiger partial charge in [0.15, 0.2) is 0 Å². The van der Waals surface area contributed by atoms with E-state index in [1.54, 1.807) is 0 Å². The van der Waals surface area contributed by atoms with E-state index in [9.17, 15) is 5.11 Å². The lowest BCUT2D eigenvalue weighted by atomic mass is 10.1. The SMILES string of the molecule is CC(CO)CNCC(O)c1ccccc1. The van der Waals surface area contributed by atoms with E-state index in [-0.39, 0.29) is 12.5 Å². The fraction of sp³-hybridized carbons (Fsp3) is 0.500. The molecule has 3 N–H and O–H groups in total. The summed E-state index contributed by atoms with van der Waals surface area (Å²) in [6.45, 7) is 3.38. The molecule has 1 aromatic rings. The molecule has 2 unspecified atom stereocenters. The van der Waals surface area contributed by atoms with Crippen molar-refractivity contribution in [3.05, 3.63) is 35.9 Å². The summed E-state index contributed by atoms with van der Waals surface area (Å²) in [4.78, 5) is 0. The Morgan fingerprint density at radius 3 is 2.47 bits per heavy atom. The number of rotatable bonds is 6. The second kappa shape index (κ2) is 6.56. The van der Waals surface area contributed by atoms with Crippen molar-refractivity contribution in [2.45, 2.75) is 13.0 Å². The largest absolute Gasteiger partial charge is 0.396 e. The summed E-state index contributed by atoms with van der Waals surface area (Å²) >= 11 is 0. The molecule has 0 aliphatic heterocycles. The third kappa shape index (κ3) is 4.42. The topological polar surface area (TPSA) is 52.5 Å². The lowest BCUT2D eigenvalue weighted by molar-refractivity contribution is 0.168. The Balaban J connectivity index is 2.28. The molecule has 0 fully saturated rings. The molecule has 0 amide bonds. The number of benzene rings is 1. The van der Waals surface area contributed by atoms with Crippen LogP contribution in [0.1, 0.15) is 18.6 Å². The Labute approximate surface area is 90.8 Å². The maximum atomic E-state index is 9.78. The third-order valence-corrected chi connectivity index (χ3v) is 2.33. The van der Waals surface area contributed by atoms with Crippen molar-refractivity contribution >= 4 is 0 Å². The lowest BCUT2D eigenvalue weighted by Gasteiger charge is -2.14. The molecule has 0 heterocycles. The average molecular weight is 209 g/mol. The molecule has 0 radical (unpaired) electrons. The molecule has 0 aliphatic rings. The minimum atomic E-state index is -0.475. The highest BCUT2D eigenvalue weighted by Gasteiger charge is 2.06. The minimum Gasteiger partial charge on any atom is -0.396 e. The van der Waals surface area contributed by atoms with E-state index >= 15 is 0 Å². The number of hydrogen-bond acceptors (Lipinski definition) is 3. The maximum Gasteiger partial charge on any atom is 0.0914 e. The van der Waals surface area contributed by atoms with E-state index < -0.39 is 6.10 Å². The van der Waals surface area contributed by atoms with Gasteiger partial charge in [-0.3, -0.25) is 0 Å². The van der Waals surface area contributed by atoms with E-state index in [1.165, 1.54) is 0 Å². The zero-order chi connectivity index (χ0) is 11.1. The van der Waals surface area contributed by atoms with Gasteiger partial charge >= 0.3 is 0 Å². The molecule has 84 valence electrons. The first-order valence-electron chi connectivity index (χ1n) is 5.28. The van der Waals surface area contributed by atoms with Crippen LogP contribution in [0, 0.1) is 5.92 Å². The molecular weight excluding hydrogens is 190 g/mol. The molecule has 0 aromatic heterocycles. The number of aliphatic hydroxyl groups excluding tert-OH is 2. The first kappa shape index (κ1) is 12.2. The Bertz CT molecular complexity index is 264. The Morgan fingerprint density at radius 1 is 1.20 bits per heavy atom. The molecule has 0 aliphatic carbocycles. The molecule has 0 bridgehead atoms. The quantitative estimate of drug-likeness (QED) is 0.653. The standard InChI is InChI=1S/C12H19NO2/c1-10(9-14)7-13-8-12(15)11-5-3-2-4-6-11/h2-6,10,12-15H,7-9H2,1H3. The fourth-order valence-electron chi connectivity index (χ4n) is 1.32. The van der Waals surface area contributed by atoms with Crippen LogP contribution in [0.2, 0.25) is 0 Å². The van der Waals surface area contributed by atoms with Gasteiger partial charge in [0, 0.05) is 13.2 Å². The van der Waals surface area contributed by atoms with Crippen molar-refractivity contribution < 1.29 is 10.2 Å². The summed E-state index contributed by atoms with van der Waals surface area (Å²) < 4.78 is 0. The maximum absolute atomic E-state index is 9.78. The van der Waals surface area contributed by atoms with Crippen LogP contribution in [0.3, 0.4) is 0 Å². The number of nitrogens with one attached hydrogen (secondary N) is 1. The van der Waals surface area contributed by atoms with Gasteiger partial charge in [-0.05, 0) is 18.0 Å². The third-order valence-electron chi connectivity index (χ3n) is 2.33. The molecule has 3 heteroatoms. The smallest absolute Gasteiger partial charge is 0.0914 e. The van der Waals surface area contributed by atoms with Gasteiger partial charge in [0.2, 0.25) is 0 Å². The van der Waals surface area contributed by atoms with Gasteiger partial charge in [-0.1, -0.05) is 37.3 Å². The molecule has 15 heavy (non-hydrogen) atoms. The lowest BCUT2D eigenvalue weighted by Crippen LogP contribution is -2.27. The molecule has 0 saturated heterocycles. The first-order chi connectivity index (χ1) is 7.24. The summed E-state index contributed by atoms with van der Waals surface area (Å²) in [5.41, 5.74) is 0.918. The average Bonchev–Trinajstić information content (AvgIpc) is 2.29. The summed E-state index contributed by atoms with van der Waals surface area (Å²) in [6.07, 6.45) is -0.475. The van der Waals surface area contributed by atoms with Crippen LogP contribution in [0.4, 0.5) is 0 Å². The van der Waals surface area contributed by atoms with Crippen LogP contribution < -0.4 is 5.32 Å². The molecule has 2 atom stereocenters. The summed E-state index contributed by atoms with van der Waals surface area (Å²) in [5, 5.41) is 21.7. The van der Waals surface area contributed by atoms with Gasteiger partial charge in [-0.15, -0.1) is 0 Å². The van der Waals surface area contributed by atoms with Crippen LogP contribution in [0.5, 0.6) is 0 Å². The van der Waals surface area contributed by atoms with Crippen LogP contribution in [0.25, 0.3) is 0 Å². The van der Waals surface area contributed by atoms with Crippen LogP contribution in [0.15, 0.2) is 30.3 Å². The van der Waals surface area contributed by atoms with Crippen molar-refractivity contribution in [3.63, 3.8) is 0 Å². The van der Waals surface area contributed by atoms with E-state index in [0.717, 1.165) is 12.1 Å². The Hall–Kier alpha value is -0.900. The summed E-state index contributed by atoms with van der Waals surface area (Å²) in [7, 11) is 0. The minimum absolute atomic E-state index is 0.175. The van der Waals surface area contributed by atoms with Gasteiger partial charge in [-0.25, -0.2) is 0 Å². The highest BCUT2D eigenvalue weighted by Crippen LogP contribution is 2.10. The van der Waals surface area contributed by atoms with Crippen molar-refractivity contribution in [1.82, 2.24) is 5.32 Å². The van der Waals surface area contributed by atoms with Crippen molar-refractivity contribution in [2.24, 2.45) is 5.92 Å². The zero-order valence-corrected chi connectivity index (χ0v) is 9.06. The summed E-state index contributed by atoms with van der Waals surface area (Å²) in [6, 6.07) is 9.56. The first-order valence-corrected chi connectivity index (χ1v) is 5.28. The number of hydrogen-bond donors (Lipinski definition) is 3. The van der Waals surface area contributed by atoms with Gasteiger partial charge < -0.3 is 15.5 Å².